The lowest BCUT2D eigenvalue weighted by Gasteiger charge is -2.11. The van der Waals surface area contributed by atoms with Crippen LogP contribution in [0.15, 0.2) is 23.2 Å². The predicted octanol–water partition coefficient (Wildman–Crippen LogP) is 2.87. The number of para-hydroxylation sites is 1. The Bertz CT molecular complexity index is 479. The summed E-state index contributed by atoms with van der Waals surface area (Å²) >= 11 is 1.61. The maximum Gasteiger partial charge on any atom is 0.347 e. The highest BCUT2D eigenvalue weighted by Gasteiger charge is 2.16. The van der Waals surface area contributed by atoms with E-state index in [1.54, 1.807) is 11.8 Å². The van der Waals surface area contributed by atoms with Gasteiger partial charge in [-0.2, -0.15) is 4.99 Å². The Labute approximate surface area is 111 Å². The molecule has 1 aliphatic rings. The second kappa shape index (κ2) is 5.44. The summed E-state index contributed by atoms with van der Waals surface area (Å²) in [6, 6.07) is 5.63. The Morgan fingerprint density at radius 3 is 2.61 bits per heavy atom. The number of hydrogen-bond acceptors (Lipinski definition) is 2. The molecule has 2 amide bonds. The molecule has 1 fully saturated rings. The van der Waals surface area contributed by atoms with Crippen molar-refractivity contribution in [1.82, 2.24) is 4.90 Å². The Morgan fingerprint density at radius 1 is 1.39 bits per heavy atom. The summed E-state index contributed by atoms with van der Waals surface area (Å²) in [7, 11) is 1.95. The van der Waals surface area contributed by atoms with Crippen LogP contribution in [0.2, 0.25) is 0 Å². The highest BCUT2D eigenvalue weighted by atomic mass is 32.2. The monoisotopic (exact) mass is 263 g/mol. The number of aryl methyl sites for hydroxylation is 2. The third-order valence-corrected chi connectivity index (χ3v) is 3.94. The fourth-order valence-electron chi connectivity index (χ4n) is 1.83. The number of anilines is 1. The first-order valence-corrected chi connectivity index (χ1v) is 6.86. The number of amides is 2. The zero-order chi connectivity index (χ0) is 13.1. The molecule has 1 aromatic rings. The van der Waals surface area contributed by atoms with Gasteiger partial charge in [-0.15, -0.1) is 0 Å². The normalized spacial score (nSPS) is 17.3. The lowest BCUT2D eigenvalue weighted by atomic mass is 10.1. The topological polar surface area (TPSA) is 44.7 Å². The number of nitrogens with one attached hydrogen (secondary N) is 1. The van der Waals surface area contributed by atoms with Crippen LogP contribution in [0.25, 0.3) is 0 Å². The van der Waals surface area contributed by atoms with Crippen LogP contribution >= 0.6 is 11.8 Å². The fourth-order valence-corrected chi connectivity index (χ4v) is 2.84. The molecule has 96 valence electrons. The molecule has 1 aliphatic heterocycles. The molecule has 4 nitrogen and oxygen atoms in total. The van der Waals surface area contributed by atoms with E-state index in [0.29, 0.717) is 0 Å². The van der Waals surface area contributed by atoms with Crippen LogP contribution in [0.1, 0.15) is 11.1 Å². The molecule has 0 atom stereocenters. The van der Waals surface area contributed by atoms with Crippen molar-refractivity contribution in [3.63, 3.8) is 0 Å². The molecule has 0 radical (unpaired) electrons. The van der Waals surface area contributed by atoms with E-state index in [4.69, 9.17) is 0 Å². The number of aliphatic imine (C=N–C) groups is 1. The zero-order valence-corrected chi connectivity index (χ0v) is 11.7. The number of amidine groups is 1. The van der Waals surface area contributed by atoms with Gasteiger partial charge >= 0.3 is 6.03 Å². The van der Waals surface area contributed by atoms with Crippen LogP contribution in [0.5, 0.6) is 0 Å². The van der Waals surface area contributed by atoms with Crippen LogP contribution < -0.4 is 5.32 Å². The fraction of sp³-hybridized carbons (Fsp3) is 0.385. The van der Waals surface area contributed by atoms with Crippen molar-refractivity contribution in [2.24, 2.45) is 4.99 Å². The molecule has 0 aliphatic carbocycles. The minimum absolute atomic E-state index is 0.302. The van der Waals surface area contributed by atoms with Gasteiger partial charge in [0.25, 0.3) is 0 Å². The molecule has 1 aromatic carbocycles. The number of hydrogen-bond donors (Lipinski definition) is 1. The summed E-state index contributed by atoms with van der Waals surface area (Å²) in [6.45, 7) is 4.90. The lowest BCUT2D eigenvalue weighted by Crippen LogP contribution is -2.21. The molecular formula is C13H17N3OS. The summed E-state index contributed by atoms with van der Waals surface area (Å²) in [5.41, 5.74) is 2.96. The average Bonchev–Trinajstić information content (AvgIpc) is 2.70. The summed E-state index contributed by atoms with van der Waals surface area (Å²) in [5, 5.41) is 3.65. The van der Waals surface area contributed by atoms with Gasteiger partial charge in [0.05, 0.1) is 0 Å². The number of nitrogens with zero attached hydrogens (tertiary/aromatic N) is 2. The summed E-state index contributed by atoms with van der Waals surface area (Å²) < 4.78 is 0. The summed E-state index contributed by atoms with van der Waals surface area (Å²) in [6.07, 6.45) is 0. The van der Waals surface area contributed by atoms with Gasteiger partial charge in [-0.1, -0.05) is 30.0 Å². The number of rotatable bonds is 1. The first kappa shape index (κ1) is 13.0. The average molecular weight is 263 g/mol. The van der Waals surface area contributed by atoms with Gasteiger partial charge < -0.3 is 10.2 Å². The van der Waals surface area contributed by atoms with Crippen molar-refractivity contribution in [2.75, 3.05) is 24.7 Å². The SMILES string of the molecule is Cc1cccc(C)c1NC(=O)/N=C1/SCCN1C. The second-order valence-corrected chi connectivity index (χ2v) is 5.42. The van der Waals surface area contributed by atoms with Crippen molar-refractivity contribution in [2.45, 2.75) is 13.8 Å². The van der Waals surface area contributed by atoms with Crippen molar-refractivity contribution >= 4 is 28.6 Å². The number of carbonyl (C=O) groups is 1. The van der Waals surface area contributed by atoms with E-state index >= 15 is 0 Å². The molecule has 2 rings (SSSR count). The minimum Gasteiger partial charge on any atom is -0.353 e. The predicted molar refractivity (Wildman–Crippen MR) is 77.5 cm³/mol. The standard InChI is InChI=1S/C13H17N3OS/c1-9-5-4-6-10(2)11(9)14-12(17)15-13-16(3)7-8-18-13/h4-6H,7-8H2,1-3H3,(H,14,17)/b15-13+. The smallest absolute Gasteiger partial charge is 0.347 e. The van der Waals surface area contributed by atoms with Crippen molar-refractivity contribution in [3.8, 4) is 0 Å². The third kappa shape index (κ3) is 2.85. The van der Waals surface area contributed by atoms with Gasteiger partial charge in [0.15, 0.2) is 5.17 Å². The van der Waals surface area contributed by atoms with E-state index in [9.17, 15) is 4.79 Å². The minimum atomic E-state index is -0.302. The van der Waals surface area contributed by atoms with Crippen molar-refractivity contribution in [1.29, 1.82) is 0 Å². The van der Waals surface area contributed by atoms with Crippen LogP contribution in [0.3, 0.4) is 0 Å². The molecule has 0 aromatic heterocycles. The van der Waals surface area contributed by atoms with E-state index in [-0.39, 0.29) is 6.03 Å². The first-order valence-electron chi connectivity index (χ1n) is 5.88. The third-order valence-electron chi connectivity index (χ3n) is 2.89. The maximum atomic E-state index is 11.9. The molecule has 1 saturated heterocycles. The molecule has 5 heteroatoms. The largest absolute Gasteiger partial charge is 0.353 e. The van der Waals surface area contributed by atoms with Gasteiger partial charge in [-0.25, -0.2) is 4.79 Å². The quantitative estimate of drug-likeness (QED) is 0.847. The molecule has 18 heavy (non-hydrogen) atoms. The van der Waals surface area contributed by atoms with Gasteiger partial charge in [0.2, 0.25) is 0 Å². The maximum absolute atomic E-state index is 11.9. The van der Waals surface area contributed by atoms with E-state index < -0.39 is 0 Å². The highest BCUT2D eigenvalue weighted by Crippen LogP contribution is 2.20. The molecule has 0 unspecified atom stereocenters. The Hall–Kier alpha value is -1.49. The summed E-state index contributed by atoms with van der Waals surface area (Å²) in [5.74, 6) is 0.992. The molecule has 1 N–H and O–H groups in total. The highest BCUT2D eigenvalue weighted by molar-refractivity contribution is 8.14. The Morgan fingerprint density at radius 2 is 2.06 bits per heavy atom. The second-order valence-electron chi connectivity index (χ2n) is 4.36. The van der Waals surface area contributed by atoms with Gasteiger partial charge in [0.1, 0.15) is 0 Å². The number of thioether (sulfide) groups is 1. The van der Waals surface area contributed by atoms with Gasteiger partial charge in [0, 0.05) is 25.0 Å². The van der Waals surface area contributed by atoms with Gasteiger partial charge in [-0.3, -0.25) is 0 Å². The van der Waals surface area contributed by atoms with Crippen LogP contribution in [-0.2, 0) is 0 Å². The number of carbonyl (C=O) groups excluding carboxylic acids is 1. The first-order chi connectivity index (χ1) is 8.58. The van der Waals surface area contributed by atoms with Crippen LogP contribution in [0.4, 0.5) is 10.5 Å². The van der Waals surface area contributed by atoms with E-state index in [1.807, 2.05) is 44.0 Å². The zero-order valence-electron chi connectivity index (χ0n) is 10.9. The Balaban J connectivity index is 2.12. The molecule has 1 heterocycles. The molecule has 0 saturated carbocycles. The van der Waals surface area contributed by atoms with Crippen molar-refractivity contribution < 1.29 is 4.79 Å². The van der Waals surface area contributed by atoms with E-state index in [1.165, 1.54) is 0 Å². The molecule has 0 bridgehead atoms. The number of benzene rings is 1. The van der Waals surface area contributed by atoms with Crippen LogP contribution in [-0.4, -0.2) is 35.4 Å². The van der Waals surface area contributed by atoms with Crippen molar-refractivity contribution in [3.05, 3.63) is 29.3 Å². The van der Waals surface area contributed by atoms with Crippen LogP contribution in [0, 0.1) is 13.8 Å². The molecular weight excluding hydrogens is 246 g/mol. The number of urea groups is 1. The van der Waals surface area contributed by atoms with E-state index in [2.05, 4.69) is 10.3 Å². The summed E-state index contributed by atoms with van der Waals surface area (Å²) in [4.78, 5) is 18.0. The van der Waals surface area contributed by atoms with Gasteiger partial charge in [-0.05, 0) is 25.0 Å². The molecule has 0 spiro atoms. The Kier molecular flexibility index (Phi) is 3.91. The van der Waals surface area contributed by atoms with E-state index in [0.717, 1.165) is 34.3 Å². The lowest BCUT2D eigenvalue weighted by molar-refractivity contribution is 0.259.